The predicted octanol–water partition coefficient (Wildman–Crippen LogP) is 4.23. The summed E-state index contributed by atoms with van der Waals surface area (Å²) in [6, 6.07) is 16.4. The van der Waals surface area contributed by atoms with Crippen LogP contribution in [0.3, 0.4) is 0 Å². The third-order valence-corrected chi connectivity index (χ3v) is 3.78. The van der Waals surface area contributed by atoms with E-state index in [4.69, 9.17) is 0 Å². The van der Waals surface area contributed by atoms with Gasteiger partial charge in [0.1, 0.15) is 11.6 Å². The Morgan fingerprint density at radius 3 is 2.22 bits per heavy atom. The van der Waals surface area contributed by atoms with E-state index in [0.717, 1.165) is 5.56 Å². The number of para-hydroxylation sites is 1. The zero-order valence-corrected chi connectivity index (χ0v) is 15.5. The topological polar surface area (TPSA) is 94.0 Å². The lowest BCUT2D eigenvalue weighted by Crippen LogP contribution is -2.16. The van der Waals surface area contributed by atoms with Crippen LogP contribution in [-0.4, -0.2) is 11.8 Å². The van der Waals surface area contributed by atoms with E-state index in [0.29, 0.717) is 17.1 Å². The molecule has 2 aromatic rings. The van der Waals surface area contributed by atoms with Crippen LogP contribution in [-0.2, 0) is 9.59 Å². The molecule has 0 aliphatic heterocycles. The first-order chi connectivity index (χ1) is 12.9. The molecule has 0 aromatic heterocycles. The molecular weight excluding hydrogens is 340 g/mol. The molecule has 3 N–H and O–H groups in total. The van der Waals surface area contributed by atoms with Crippen molar-refractivity contribution in [1.29, 1.82) is 5.26 Å². The van der Waals surface area contributed by atoms with E-state index in [1.165, 1.54) is 13.1 Å². The molecule has 0 spiro atoms. The first kappa shape index (κ1) is 19.7. The molecule has 0 aliphatic rings. The highest BCUT2D eigenvalue weighted by atomic mass is 16.2. The number of carbonyl (C=O) groups is 2. The van der Waals surface area contributed by atoms with Gasteiger partial charge in [-0.05, 0) is 41.8 Å². The van der Waals surface area contributed by atoms with Gasteiger partial charge in [-0.3, -0.25) is 9.59 Å². The van der Waals surface area contributed by atoms with Crippen molar-refractivity contribution in [3.63, 3.8) is 0 Å². The zero-order valence-electron chi connectivity index (χ0n) is 15.5. The third kappa shape index (κ3) is 5.72. The highest BCUT2D eigenvalue weighted by molar-refractivity contribution is 6.07. The molecule has 0 bridgehead atoms. The van der Waals surface area contributed by atoms with Crippen molar-refractivity contribution in [1.82, 2.24) is 0 Å². The van der Waals surface area contributed by atoms with Gasteiger partial charge in [0.25, 0.3) is 5.91 Å². The fourth-order valence-electron chi connectivity index (χ4n) is 2.46. The minimum Gasteiger partial charge on any atom is -0.360 e. The van der Waals surface area contributed by atoms with E-state index in [-0.39, 0.29) is 17.4 Å². The number of amides is 2. The second kappa shape index (κ2) is 9.20. The molecule has 0 saturated heterocycles. The van der Waals surface area contributed by atoms with Crippen LogP contribution in [0.4, 0.5) is 17.1 Å². The lowest BCUT2D eigenvalue weighted by molar-refractivity contribution is -0.114. The van der Waals surface area contributed by atoms with Crippen LogP contribution >= 0.6 is 0 Å². The van der Waals surface area contributed by atoms with Gasteiger partial charge in [-0.15, -0.1) is 0 Å². The minimum atomic E-state index is -0.479. The van der Waals surface area contributed by atoms with Gasteiger partial charge in [0, 0.05) is 30.2 Å². The summed E-state index contributed by atoms with van der Waals surface area (Å²) in [5, 5.41) is 17.7. The minimum absolute atomic E-state index is 0.0421. The average molecular weight is 362 g/mol. The van der Waals surface area contributed by atoms with E-state index in [2.05, 4.69) is 16.0 Å². The van der Waals surface area contributed by atoms with Crippen LogP contribution in [0.1, 0.15) is 32.3 Å². The van der Waals surface area contributed by atoms with E-state index >= 15 is 0 Å². The van der Waals surface area contributed by atoms with Crippen molar-refractivity contribution < 1.29 is 9.59 Å². The number of hydrogen-bond donors (Lipinski definition) is 3. The molecule has 2 amide bonds. The Morgan fingerprint density at radius 1 is 1.00 bits per heavy atom. The Hall–Kier alpha value is -3.59. The first-order valence-corrected chi connectivity index (χ1v) is 8.55. The van der Waals surface area contributed by atoms with Gasteiger partial charge in [-0.25, -0.2) is 0 Å². The number of rotatable bonds is 6. The Bertz CT molecular complexity index is 893. The molecule has 27 heavy (non-hydrogen) atoms. The van der Waals surface area contributed by atoms with Gasteiger partial charge < -0.3 is 16.0 Å². The van der Waals surface area contributed by atoms with Crippen LogP contribution in [0.5, 0.6) is 0 Å². The van der Waals surface area contributed by atoms with Crippen LogP contribution in [0.2, 0.25) is 0 Å². The Labute approximate surface area is 158 Å². The van der Waals surface area contributed by atoms with Gasteiger partial charge >= 0.3 is 0 Å². The molecule has 2 aromatic carbocycles. The fourth-order valence-corrected chi connectivity index (χ4v) is 2.46. The van der Waals surface area contributed by atoms with Crippen LogP contribution in [0.25, 0.3) is 0 Å². The van der Waals surface area contributed by atoms with E-state index in [9.17, 15) is 14.9 Å². The molecule has 0 aliphatic carbocycles. The second-order valence-electron chi connectivity index (χ2n) is 6.27. The summed E-state index contributed by atoms with van der Waals surface area (Å²) in [6.07, 6.45) is 1.36. The normalized spacial score (nSPS) is 10.9. The third-order valence-electron chi connectivity index (χ3n) is 3.78. The van der Waals surface area contributed by atoms with Crippen LogP contribution < -0.4 is 16.0 Å². The first-order valence-electron chi connectivity index (χ1n) is 8.55. The van der Waals surface area contributed by atoms with Crippen molar-refractivity contribution >= 4 is 28.9 Å². The van der Waals surface area contributed by atoms with Gasteiger partial charge in [0.15, 0.2) is 0 Å². The maximum atomic E-state index is 12.4. The van der Waals surface area contributed by atoms with Gasteiger partial charge in [0.05, 0.1) is 0 Å². The molecule has 0 saturated carbocycles. The lowest BCUT2D eigenvalue weighted by atomic mass is 10.0. The van der Waals surface area contributed by atoms with E-state index in [1.807, 2.05) is 44.2 Å². The van der Waals surface area contributed by atoms with E-state index < -0.39 is 5.91 Å². The smallest absolute Gasteiger partial charge is 0.267 e. The summed E-state index contributed by atoms with van der Waals surface area (Å²) >= 11 is 0. The van der Waals surface area contributed by atoms with Crippen molar-refractivity contribution in [2.24, 2.45) is 0 Å². The molecule has 2 rings (SSSR count). The Morgan fingerprint density at radius 2 is 1.63 bits per heavy atom. The molecular formula is C21H22N4O2. The average Bonchev–Trinajstić information content (AvgIpc) is 2.63. The van der Waals surface area contributed by atoms with Crippen LogP contribution in [0, 0.1) is 11.3 Å². The van der Waals surface area contributed by atoms with Gasteiger partial charge in [0.2, 0.25) is 5.91 Å². The highest BCUT2D eigenvalue weighted by Gasteiger charge is 2.13. The number of anilines is 3. The quantitative estimate of drug-likeness (QED) is 0.529. The summed E-state index contributed by atoms with van der Waals surface area (Å²) in [6.45, 7) is 5.51. The number of hydrogen-bond acceptors (Lipinski definition) is 4. The summed E-state index contributed by atoms with van der Waals surface area (Å²) in [7, 11) is 0. The maximum absolute atomic E-state index is 12.4. The monoisotopic (exact) mass is 362 g/mol. The molecule has 0 unspecified atom stereocenters. The Kier molecular flexibility index (Phi) is 6.73. The SMILES string of the molecule is CC(=O)Nc1ccc(N/C=C(/C#N)C(=O)Nc2ccccc2C(C)C)cc1. The molecule has 0 radical (unpaired) electrons. The van der Waals surface area contributed by atoms with Crippen LogP contribution in [0.15, 0.2) is 60.3 Å². The lowest BCUT2D eigenvalue weighted by Gasteiger charge is -2.13. The number of benzene rings is 2. The fraction of sp³-hybridized carbons (Fsp3) is 0.190. The molecule has 0 atom stereocenters. The maximum Gasteiger partial charge on any atom is 0.267 e. The molecule has 0 heterocycles. The molecule has 6 nitrogen and oxygen atoms in total. The van der Waals surface area contributed by atoms with Crippen molar-refractivity contribution in [3.8, 4) is 6.07 Å². The van der Waals surface area contributed by atoms with Crippen molar-refractivity contribution in [2.75, 3.05) is 16.0 Å². The summed E-state index contributed by atoms with van der Waals surface area (Å²) in [5.74, 6) is -0.384. The standard InChI is InChI=1S/C21H22N4O2/c1-14(2)19-6-4-5-7-20(19)25-21(27)16(12-22)13-23-17-8-10-18(11-9-17)24-15(3)26/h4-11,13-14,23H,1-3H3,(H,24,26)(H,25,27)/b16-13-. The number of nitrogens with one attached hydrogen (secondary N) is 3. The molecule has 138 valence electrons. The molecule has 6 heteroatoms. The summed E-state index contributed by atoms with van der Waals surface area (Å²) in [5.41, 5.74) is 3.01. The number of carbonyl (C=O) groups excluding carboxylic acids is 2. The predicted molar refractivity (Wildman–Crippen MR) is 107 cm³/mol. The Balaban J connectivity index is 2.09. The van der Waals surface area contributed by atoms with Crippen molar-refractivity contribution in [3.05, 3.63) is 65.9 Å². The van der Waals surface area contributed by atoms with E-state index in [1.54, 1.807) is 24.3 Å². The highest BCUT2D eigenvalue weighted by Crippen LogP contribution is 2.24. The van der Waals surface area contributed by atoms with Gasteiger partial charge in [-0.1, -0.05) is 32.0 Å². The number of nitriles is 1. The van der Waals surface area contributed by atoms with Gasteiger partial charge in [-0.2, -0.15) is 5.26 Å². The molecule has 0 fully saturated rings. The number of nitrogens with zero attached hydrogens (tertiary/aromatic N) is 1. The van der Waals surface area contributed by atoms with Crippen molar-refractivity contribution in [2.45, 2.75) is 26.7 Å². The zero-order chi connectivity index (χ0) is 19.8. The summed E-state index contributed by atoms with van der Waals surface area (Å²) < 4.78 is 0. The largest absolute Gasteiger partial charge is 0.360 e. The summed E-state index contributed by atoms with van der Waals surface area (Å²) in [4.78, 5) is 23.5. The second-order valence-corrected chi connectivity index (χ2v) is 6.27.